The van der Waals surface area contributed by atoms with Crippen LogP contribution in [0.3, 0.4) is 0 Å². The maximum Gasteiger partial charge on any atom is 0.132 e. The normalized spacial score (nSPS) is 16.6. The first-order valence-corrected chi connectivity index (χ1v) is 14.2. The zero-order valence-electron chi connectivity index (χ0n) is 21.6. The zero-order chi connectivity index (χ0) is 26.3. The number of thioether (sulfide) groups is 1. The number of aromatic nitrogens is 1. The molecule has 0 amide bonds. The first-order valence-electron chi connectivity index (χ1n) is 12.8. The highest BCUT2D eigenvalue weighted by Gasteiger charge is 2.35. The molecular formula is C29H36ClFN2O3S. The Kier molecular flexibility index (Phi) is 9.93. The van der Waals surface area contributed by atoms with Gasteiger partial charge in [-0.25, -0.2) is 4.39 Å². The number of nitrogens with zero attached hydrogens (tertiary/aromatic N) is 2. The Morgan fingerprint density at radius 3 is 2.68 bits per heavy atom. The van der Waals surface area contributed by atoms with Crippen molar-refractivity contribution >= 4 is 34.3 Å². The smallest absolute Gasteiger partial charge is 0.132 e. The van der Waals surface area contributed by atoms with Crippen molar-refractivity contribution in [3.05, 3.63) is 59.2 Å². The van der Waals surface area contributed by atoms with Crippen molar-refractivity contribution in [2.45, 2.75) is 43.2 Å². The summed E-state index contributed by atoms with van der Waals surface area (Å²) in [4.78, 5) is 7.97. The summed E-state index contributed by atoms with van der Waals surface area (Å²) < 4.78 is 26.4. The van der Waals surface area contributed by atoms with Crippen LogP contribution in [0.25, 0.3) is 10.9 Å². The molecule has 1 aliphatic heterocycles. The average Bonchev–Trinajstić information content (AvgIpc) is 2.94. The third kappa shape index (κ3) is 6.88. The monoisotopic (exact) mass is 546 g/mol. The Morgan fingerprint density at radius 2 is 1.95 bits per heavy atom. The number of methoxy groups -OCH3 is 2. The third-order valence-corrected chi connectivity index (χ3v) is 8.95. The molecule has 1 unspecified atom stereocenters. The fourth-order valence-corrected chi connectivity index (χ4v) is 6.37. The quantitative estimate of drug-likeness (QED) is 0.196. The Balaban J connectivity index is 1.29. The second-order valence-electron chi connectivity index (χ2n) is 9.76. The minimum absolute atomic E-state index is 0.0792. The molecule has 200 valence electrons. The van der Waals surface area contributed by atoms with Crippen molar-refractivity contribution in [3.63, 3.8) is 0 Å². The lowest BCUT2D eigenvalue weighted by Gasteiger charge is -2.41. The molecule has 1 atom stereocenters. The van der Waals surface area contributed by atoms with Gasteiger partial charge in [0.25, 0.3) is 0 Å². The molecule has 2 heterocycles. The number of benzene rings is 2. The first kappa shape index (κ1) is 28.0. The predicted octanol–water partition coefficient (Wildman–Crippen LogP) is 6.95. The summed E-state index contributed by atoms with van der Waals surface area (Å²) in [6, 6.07) is 13.5. The number of likely N-dealkylation sites (tertiary alicyclic amines) is 1. The molecule has 0 radical (unpaired) electrons. The van der Waals surface area contributed by atoms with E-state index in [0.29, 0.717) is 40.1 Å². The van der Waals surface area contributed by atoms with E-state index in [0.717, 1.165) is 50.4 Å². The number of hydrogen-bond donors (Lipinski definition) is 1. The number of piperidine rings is 1. The third-order valence-electron chi connectivity index (χ3n) is 7.51. The van der Waals surface area contributed by atoms with Gasteiger partial charge in [-0.05, 0) is 93.2 Å². The fraction of sp³-hybridized carbons (Fsp3) is 0.483. The highest BCUT2D eigenvalue weighted by atomic mass is 35.5. The van der Waals surface area contributed by atoms with Gasteiger partial charge < -0.3 is 19.5 Å². The lowest BCUT2D eigenvalue weighted by atomic mass is 9.74. The number of aliphatic hydroxyl groups excluding tert-OH is 1. The van der Waals surface area contributed by atoms with E-state index in [1.165, 1.54) is 11.1 Å². The summed E-state index contributed by atoms with van der Waals surface area (Å²) in [6.45, 7) is 2.95. The number of rotatable bonds is 12. The number of halogens is 2. The zero-order valence-corrected chi connectivity index (χ0v) is 23.2. The number of aliphatic hydroxyl groups is 1. The molecule has 1 aromatic heterocycles. The Hall–Kier alpha value is -2.06. The maximum absolute atomic E-state index is 15.6. The van der Waals surface area contributed by atoms with E-state index in [-0.39, 0.29) is 12.0 Å². The van der Waals surface area contributed by atoms with Crippen LogP contribution in [0.15, 0.2) is 53.6 Å². The Morgan fingerprint density at radius 1 is 1.16 bits per heavy atom. The van der Waals surface area contributed by atoms with E-state index < -0.39 is 6.17 Å². The van der Waals surface area contributed by atoms with Crippen molar-refractivity contribution in [2.75, 3.05) is 46.2 Å². The van der Waals surface area contributed by atoms with Gasteiger partial charge in [-0.2, -0.15) is 0 Å². The highest BCUT2D eigenvalue weighted by Crippen LogP contribution is 2.42. The number of alkyl halides is 1. The molecule has 5 nitrogen and oxygen atoms in total. The Labute approximate surface area is 228 Å². The molecule has 37 heavy (non-hydrogen) atoms. The minimum atomic E-state index is -1.24. The summed E-state index contributed by atoms with van der Waals surface area (Å²) in [5.41, 5.74) is 0.903. The highest BCUT2D eigenvalue weighted by molar-refractivity contribution is 7.99. The van der Waals surface area contributed by atoms with Crippen LogP contribution >= 0.6 is 23.4 Å². The SMILES string of the molecule is COc1ccc2ncc(Cl)c(C(F)CCC3(CO)CCN(CCCSc4ccccc4OC)CC3)c2c1. The second kappa shape index (κ2) is 13.1. The fourth-order valence-electron chi connectivity index (χ4n) is 5.14. The molecule has 3 aromatic rings. The topological polar surface area (TPSA) is 54.8 Å². The number of hydrogen-bond acceptors (Lipinski definition) is 6. The molecule has 0 bridgehead atoms. The molecule has 4 rings (SSSR count). The largest absolute Gasteiger partial charge is 0.497 e. The van der Waals surface area contributed by atoms with Crippen LogP contribution in [0.4, 0.5) is 4.39 Å². The maximum atomic E-state index is 15.6. The van der Waals surface area contributed by atoms with Crippen LogP contribution in [0.5, 0.6) is 11.5 Å². The van der Waals surface area contributed by atoms with Gasteiger partial charge in [0.05, 0.1) is 24.8 Å². The van der Waals surface area contributed by atoms with Crippen LogP contribution in [0.2, 0.25) is 5.02 Å². The van der Waals surface area contributed by atoms with Crippen LogP contribution in [-0.4, -0.2) is 61.2 Å². The van der Waals surface area contributed by atoms with Gasteiger partial charge in [0.1, 0.15) is 17.7 Å². The van der Waals surface area contributed by atoms with Crippen molar-refractivity contribution in [3.8, 4) is 11.5 Å². The van der Waals surface area contributed by atoms with E-state index in [9.17, 15) is 5.11 Å². The summed E-state index contributed by atoms with van der Waals surface area (Å²) in [5.74, 6) is 2.59. The van der Waals surface area contributed by atoms with E-state index in [1.54, 1.807) is 20.3 Å². The summed E-state index contributed by atoms with van der Waals surface area (Å²) >= 11 is 8.23. The molecule has 1 N–H and O–H groups in total. The van der Waals surface area contributed by atoms with Crippen molar-refractivity contribution in [1.29, 1.82) is 0 Å². The molecule has 1 fully saturated rings. The number of ether oxygens (including phenoxy) is 2. The van der Waals surface area contributed by atoms with Crippen LogP contribution in [-0.2, 0) is 0 Å². The lowest BCUT2D eigenvalue weighted by molar-refractivity contribution is 0.0304. The number of pyridine rings is 1. The van der Waals surface area contributed by atoms with Gasteiger partial charge in [-0.3, -0.25) is 4.98 Å². The van der Waals surface area contributed by atoms with Gasteiger partial charge in [0, 0.05) is 28.6 Å². The van der Waals surface area contributed by atoms with Gasteiger partial charge in [0.15, 0.2) is 0 Å². The lowest BCUT2D eigenvalue weighted by Crippen LogP contribution is -2.42. The summed E-state index contributed by atoms with van der Waals surface area (Å²) in [6.07, 6.45) is 4.03. The van der Waals surface area contributed by atoms with Gasteiger partial charge in [0.2, 0.25) is 0 Å². The van der Waals surface area contributed by atoms with E-state index in [1.807, 2.05) is 42.1 Å². The van der Waals surface area contributed by atoms with E-state index >= 15 is 4.39 Å². The van der Waals surface area contributed by atoms with Crippen molar-refractivity contribution in [2.24, 2.45) is 5.41 Å². The molecule has 1 aliphatic rings. The van der Waals surface area contributed by atoms with E-state index in [2.05, 4.69) is 16.0 Å². The predicted molar refractivity (Wildman–Crippen MR) is 150 cm³/mol. The van der Waals surface area contributed by atoms with Crippen LogP contribution in [0, 0.1) is 5.41 Å². The average molecular weight is 547 g/mol. The summed E-state index contributed by atoms with van der Waals surface area (Å²) in [7, 11) is 3.29. The molecule has 0 spiro atoms. The second-order valence-corrected chi connectivity index (χ2v) is 11.3. The molecule has 8 heteroatoms. The molecule has 1 saturated heterocycles. The molecule has 2 aromatic carbocycles. The van der Waals surface area contributed by atoms with Gasteiger partial charge in [-0.15, -0.1) is 11.8 Å². The van der Waals surface area contributed by atoms with Gasteiger partial charge in [-0.1, -0.05) is 23.7 Å². The van der Waals surface area contributed by atoms with Gasteiger partial charge >= 0.3 is 0 Å². The minimum Gasteiger partial charge on any atom is -0.497 e. The first-order chi connectivity index (χ1) is 18.0. The Bertz CT molecular complexity index is 1170. The van der Waals surface area contributed by atoms with Crippen LogP contribution in [0.1, 0.15) is 43.8 Å². The number of para-hydroxylation sites is 1. The van der Waals surface area contributed by atoms with E-state index in [4.69, 9.17) is 21.1 Å². The van der Waals surface area contributed by atoms with Crippen LogP contribution < -0.4 is 9.47 Å². The number of fused-ring (bicyclic) bond motifs is 1. The standard InChI is InChI=1S/C29H36ClFN2O3S/c1-35-21-8-9-25-22(18-21)28(23(30)19-32-25)24(31)10-11-29(20-34)12-15-33(16-13-29)14-5-17-37-27-7-4-3-6-26(27)36-2/h3-4,6-9,18-19,24,34H,5,10-17,20H2,1-2H3. The molecular weight excluding hydrogens is 511 g/mol. The molecule has 0 saturated carbocycles. The van der Waals surface area contributed by atoms with Crippen molar-refractivity contribution < 1.29 is 19.0 Å². The summed E-state index contributed by atoms with van der Waals surface area (Å²) in [5, 5.41) is 11.3. The molecule has 0 aliphatic carbocycles. The van der Waals surface area contributed by atoms with Crippen molar-refractivity contribution in [1.82, 2.24) is 9.88 Å².